The van der Waals surface area contributed by atoms with Gasteiger partial charge in [0.2, 0.25) is 0 Å². The SMILES string of the molecule is COc1cccc(CC(Br)c2cc3ccc(F)cc3s2)c1. The van der Waals surface area contributed by atoms with Crippen LogP contribution in [0.1, 0.15) is 15.3 Å². The van der Waals surface area contributed by atoms with Crippen LogP contribution < -0.4 is 4.74 Å². The van der Waals surface area contributed by atoms with Crippen LogP contribution >= 0.6 is 27.3 Å². The molecule has 0 amide bonds. The van der Waals surface area contributed by atoms with E-state index in [0.717, 1.165) is 22.3 Å². The van der Waals surface area contributed by atoms with E-state index in [-0.39, 0.29) is 10.6 Å². The van der Waals surface area contributed by atoms with Crippen LogP contribution in [0, 0.1) is 5.82 Å². The van der Waals surface area contributed by atoms with Crippen molar-refractivity contribution in [3.8, 4) is 5.75 Å². The second kappa shape index (κ2) is 6.16. The Labute approximate surface area is 135 Å². The summed E-state index contributed by atoms with van der Waals surface area (Å²) in [5, 5.41) is 1.09. The predicted molar refractivity (Wildman–Crippen MR) is 90.1 cm³/mol. The van der Waals surface area contributed by atoms with E-state index in [4.69, 9.17) is 4.74 Å². The number of thiophene rings is 1. The molecule has 1 nitrogen and oxygen atoms in total. The van der Waals surface area contributed by atoms with E-state index in [9.17, 15) is 4.39 Å². The largest absolute Gasteiger partial charge is 0.497 e. The maximum Gasteiger partial charge on any atom is 0.124 e. The summed E-state index contributed by atoms with van der Waals surface area (Å²) in [6.45, 7) is 0. The molecule has 0 aliphatic heterocycles. The van der Waals surface area contributed by atoms with Crippen LogP contribution in [0.2, 0.25) is 0 Å². The molecule has 4 heteroatoms. The molecule has 0 bridgehead atoms. The Bertz CT molecular complexity index is 768. The van der Waals surface area contributed by atoms with Gasteiger partial charge < -0.3 is 4.74 Å². The smallest absolute Gasteiger partial charge is 0.124 e. The van der Waals surface area contributed by atoms with Gasteiger partial charge in [0.25, 0.3) is 0 Å². The van der Waals surface area contributed by atoms with E-state index >= 15 is 0 Å². The third-order valence-electron chi connectivity index (χ3n) is 3.36. The molecule has 21 heavy (non-hydrogen) atoms. The molecule has 0 radical (unpaired) electrons. The van der Waals surface area contributed by atoms with Gasteiger partial charge in [-0.2, -0.15) is 0 Å². The van der Waals surface area contributed by atoms with Crippen LogP contribution in [0.4, 0.5) is 4.39 Å². The second-order valence-electron chi connectivity index (χ2n) is 4.85. The van der Waals surface area contributed by atoms with Crippen LogP contribution in [-0.4, -0.2) is 7.11 Å². The van der Waals surface area contributed by atoms with Crippen LogP contribution in [0.3, 0.4) is 0 Å². The maximum atomic E-state index is 13.3. The molecule has 0 aliphatic rings. The Balaban J connectivity index is 1.84. The van der Waals surface area contributed by atoms with Gasteiger partial charge in [-0.25, -0.2) is 4.39 Å². The van der Waals surface area contributed by atoms with Crippen LogP contribution in [0.15, 0.2) is 48.5 Å². The minimum absolute atomic E-state index is 0.185. The third-order valence-corrected chi connectivity index (χ3v) is 5.69. The van der Waals surface area contributed by atoms with Gasteiger partial charge >= 0.3 is 0 Å². The van der Waals surface area contributed by atoms with Crippen molar-refractivity contribution in [1.82, 2.24) is 0 Å². The zero-order valence-electron chi connectivity index (χ0n) is 11.5. The molecule has 108 valence electrons. The number of rotatable bonds is 4. The summed E-state index contributed by atoms with van der Waals surface area (Å²) in [5.41, 5.74) is 1.21. The lowest BCUT2D eigenvalue weighted by Gasteiger charge is -2.08. The van der Waals surface area contributed by atoms with E-state index < -0.39 is 0 Å². The molecule has 0 saturated carbocycles. The maximum absolute atomic E-state index is 13.3. The zero-order valence-corrected chi connectivity index (χ0v) is 13.9. The number of methoxy groups -OCH3 is 1. The van der Waals surface area contributed by atoms with Gasteiger partial charge in [-0.05, 0) is 47.7 Å². The van der Waals surface area contributed by atoms with E-state index in [1.807, 2.05) is 24.3 Å². The molecule has 0 aliphatic carbocycles. The molecule has 0 fully saturated rings. The lowest BCUT2D eigenvalue weighted by atomic mass is 10.1. The highest BCUT2D eigenvalue weighted by Gasteiger charge is 2.13. The van der Waals surface area contributed by atoms with Crippen molar-refractivity contribution >= 4 is 37.4 Å². The molecule has 3 rings (SSSR count). The monoisotopic (exact) mass is 364 g/mol. The molecule has 1 heterocycles. The first kappa shape index (κ1) is 14.5. The average molecular weight is 365 g/mol. The first-order valence-electron chi connectivity index (χ1n) is 6.62. The molecule has 0 saturated heterocycles. The summed E-state index contributed by atoms with van der Waals surface area (Å²) < 4.78 is 19.5. The Kier molecular flexibility index (Phi) is 4.27. The van der Waals surface area contributed by atoms with Crippen LogP contribution in [0.5, 0.6) is 5.75 Å². The Morgan fingerprint density at radius 3 is 2.86 bits per heavy atom. The summed E-state index contributed by atoms with van der Waals surface area (Å²) in [5.74, 6) is 0.681. The fourth-order valence-corrected chi connectivity index (χ4v) is 4.14. The van der Waals surface area contributed by atoms with Crippen molar-refractivity contribution < 1.29 is 9.13 Å². The van der Waals surface area contributed by atoms with Crippen LogP contribution in [-0.2, 0) is 6.42 Å². The standard InChI is InChI=1S/C17H14BrFOS/c1-20-14-4-2-3-11(7-14)8-15(18)17-9-12-5-6-13(19)10-16(12)21-17/h2-7,9-10,15H,8H2,1H3. The fraction of sp³-hybridized carbons (Fsp3) is 0.176. The van der Waals surface area contributed by atoms with Gasteiger partial charge in [-0.15, -0.1) is 11.3 Å². The quantitative estimate of drug-likeness (QED) is 0.537. The molecule has 1 aromatic heterocycles. The Hall–Kier alpha value is -1.39. The fourth-order valence-electron chi connectivity index (χ4n) is 2.29. The summed E-state index contributed by atoms with van der Waals surface area (Å²) in [6, 6.07) is 15.1. The van der Waals surface area contributed by atoms with Gasteiger partial charge in [-0.3, -0.25) is 0 Å². The highest BCUT2D eigenvalue weighted by atomic mass is 79.9. The molecule has 1 unspecified atom stereocenters. The second-order valence-corrected chi connectivity index (χ2v) is 7.07. The van der Waals surface area contributed by atoms with E-state index in [1.165, 1.54) is 16.5 Å². The highest BCUT2D eigenvalue weighted by Crippen LogP contribution is 2.36. The summed E-state index contributed by atoms with van der Waals surface area (Å²) in [6.07, 6.45) is 0.868. The first-order valence-corrected chi connectivity index (χ1v) is 8.35. The van der Waals surface area contributed by atoms with E-state index in [0.29, 0.717) is 0 Å². The van der Waals surface area contributed by atoms with Gasteiger partial charge in [0.05, 0.1) is 11.9 Å². The molecular weight excluding hydrogens is 351 g/mol. The summed E-state index contributed by atoms with van der Waals surface area (Å²) >= 11 is 5.37. The molecule has 3 aromatic rings. The van der Waals surface area contributed by atoms with Gasteiger partial charge in [0, 0.05) is 9.58 Å². The third kappa shape index (κ3) is 3.27. The lowest BCUT2D eigenvalue weighted by Crippen LogP contribution is -1.93. The minimum Gasteiger partial charge on any atom is -0.497 e. The lowest BCUT2D eigenvalue weighted by molar-refractivity contribution is 0.414. The van der Waals surface area contributed by atoms with Crippen molar-refractivity contribution in [3.63, 3.8) is 0 Å². The molecule has 1 atom stereocenters. The Morgan fingerprint density at radius 2 is 2.05 bits per heavy atom. The molecule has 0 spiro atoms. The zero-order chi connectivity index (χ0) is 14.8. The number of hydrogen-bond acceptors (Lipinski definition) is 2. The van der Waals surface area contributed by atoms with E-state index in [2.05, 4.69) is 28.1 Å². The minimum atomic E-state index is -0.185. The van der Waals surface area contributed by atoms with E-state index in [1.54, 1.807) is 24.5 Å². The van der Waals surface area contributed by atoms with Crippen molar-refractivity contribution in [1.29, 1.82) is 0 Å². The van der Waals surface area contributed by atoms with Gasteiger partial charge in [0.15, 0.2) is 0 Å². The first-order chi connectivity index (χ1) is 10.2. The number of halogens is 2. The average Bonchev–Trinajstić information content (AvgIpc) is 2.90. The number of alkyl halides is 1. The normalized spacial score (nSPS) is 12.5. The summed E-state index contributed by atoms with van der Waals surface area (Å²) in [7, 11) is 1.67. The van der Waals surface area contributed by atoms with Crippen molar-refractivity contribution in [3.05, 3.63) is 64.8 Å². The van der Waals surface area contributed by atoms with Crippen molar-refractivity contribution in [2.24, 2.45) is 0 Å². The summed E-state index contributed by atoms with van der Waals surface area (Å²) in [4.78, 5) is 1.42. The van der Waals surface area contributed by atoms with Crippen molar-refractivity contribution in [2.45, 2.75) is 11.2 Å². The predicted octanol–water partition coefficient (Wildman–Crippen LogP) is 5.73. The van der Waals surface area contributed by atoms with Crippen LogP contribution in [0.25, 0.3) is 10.1 Å². The molecule has 0 N–H and O–H groups in total. The topological polar surface area (TPSA) is 9.23 Å². The number of benzene rings is 2. The number of ether oxygens (including phenoxy) is 1. The molecule has 2 aromatic carbocycles. The number of hydrogen-bond donors (Lipinski definition) is 0. The number of fused-ring (bicyclic) bond motifs is 1. The van der Waals surface area contributed by atoms with Gasteiger partial charge in [0.1, 0.15) is 11.6 Å². The van der Waals surface area contributed by atoms with Gasteiger partial charge in [-0.1, -0.05) is 34.1 Å². The Morgan fingerprint density at radius 1 is 1.19 bits per heavy atom. The molecular formula is C17H14BrFOS. The highest BCUT2D eigenvalue weighted by molar-refractivity contribution is 9.09. The van der Waals surface area contributed by atoms with Crippen molar-refractivity contribution in [2.75, 3.05) is 7.11 Å².